The van der Waals surface area contributed by atoms with Crippen LogP contribution in [0.1, 0.15) is 18.4 Å². The average molecular weight is 343 g/mol. The van der Waals surface area contributed by atoms with Crippen LogP contribution in [0, 0.1) is 5.92 Å². The van der Waals surface area contributed by atoms with Crippen LogP contribution in [0.4, 0.5) is 0 Å². The van der Waals surface area contributed by atoms with Gasteiger partial charge in [-0.1, -0.05) is 17.7 Å². The maximum Gasteiger partial charge on any atom is 0.350 e. The first-order valence-electron chi connectivity index (χ1n) is 7.80. The van der Waals surface area contributed by atoms with Crippen LogP contribution in [-0.4, -0.2) is 24.9 Å². The van der Waals surface area contributed by atoms with Crippen LogP contribution < -0.4 is 5.69 Å². The Bertz CT molecular complexity index is 925. The lowest BCUT2D eigenvalue weighted by Crippen LogP contribution is -2.22. The molecule has 7 heteroatoms. The first-order valence-corrected chi connectivity index (χ1v) is 8.18. The van der Waals surface area contributed by atoms with Gasteiger partial charge in [-0.2, -0.15) is 4.98 Å². The molecule has 0 unspecified atom stereocenters. The lowest BCUT2D eigenvalue weighted by Gasteiger charge is -2.12. The van der Waals surface area contributed by atoms with Crippen LogP contribution in [0.5, 0.6) is 0 Å². The molecule has 3 heterocycles. The van der Waals surface area contributed by atoms with Crippen molar-refractivity contribution in [2.45, 2.75) is 25.9 Å². The molecule has 122 valence electrons. The van der Waals surface area contributed by atoms with Gasteiger partial charge in [0.05, 0.1) is 18.8 Å². The minimum absolute atomic E-state index is 0.104. The number of pyridine rings is 2. The van der Waals surface area contributed by atoms with Crippen molar-refractivity contribution < 1.29 is 4.79 Å². The third-order valence-corrected chi connectivity index (χ3v) is 4.46. The van der Waals surface area contributed by atoms with Crippen molar-refractivity contribution in [3.8, 4) is 11.5 Å². The Morgan fingerprint density at radius 2 is 2.12 bits per heavy atom. The van der Waals surface area contributed by atoms with Crippen LogP contribution in [0.2, 0.25) is 5.15 Å². The van der Waals surface area contributed by atoms with Crippen molar-refractivity contribution in [1.29, 1.82) is 0 Å². The Balaban J connectivity index is 1.66. The molecule has 1 aromatic heterocycles. The summed E-state index contributed by atoms with van der Waals surface area (Å²) in [7, 11) is 0. The second kappa shape index (κ2) is 5.87. The zero-order valence-electron chi connectivity index (χ0n) is 12.9. The molecule has 0 saturated heterocycles. The predicted octanol–water partition coefficient (Wildman–Crippen LogP) is 2.23. The van der Waals surface area contributed by atoms with Crippen LogP contribution >= 0.6 is 11.6 Å². The summed E-state index contributed by atoms with van der Waals surface area (Å²) in [6.07, 6.45) is 5.42. The van der Waals surface area contributed by atoms with Crippen molar-refractivity contribution in [2.75, 3.05) is 0 Å². The predicted molar refractivity (Wildman–Crippen MR) is 89.2 cm³/mol. The Labute approximate surface area is 143 Å². The SMILES string of the molecule is O=C(Cn1c2cccn(Cc3ccc(Cl)nc3)c-2nc1=O)C1CC1. The molecule has 0 aromatic carbocycles. The van der Waals surface area contributed by atoms with Crippen LogP contribution in [0.25, 0.3) is 11.5 Å². The van der Waals surface area contributed by atoms with Gasteiger partial charge in [0, 0.05) is 18.3 Å². The Kier molecular flexibility index (Phi) is 3.69. The minimum atomic E-state index is -0.381. The Morgan fingerprint density at radius 3 is 2.83 bits per heavy atom. The number of nitrogens with zero attached hydrogens (tertiary/aromatic N) is 4. The number of fused-ring (bicyclic) bond motifs is 1. The average Bonchev–Trinajstić information content (AvgIpc) is 3.37. The highest BCUT2D eigenvalue weighted by atomic mass is 35.5. The van der Waals surface area contributed by atoms with Crippen LogP contribution in [0.15, 0.2) is 41.5 Å². The maximum absolute atomic E-state index is 12.2. The third-order valence-electron chi connectivity index (χ3n) is 4.23. The number of carbonyl (C=O) groups excluding carboxylic acids is 1. The zero-order valence-corrected chi connectivity index (χ0v) is 13.6. The summed E-state index contributed by atoms with van der Waals surface area (Å²) >= 11 is 5.81. The van der Waals surface area contributed by atoms with Gasteiger partial charge in [-0.15, -0.1) is 0 Å². The molecule has 0 bridgehead atoms. The van der Waals surface area contributed by atoms with E-state index in [0.29, 0.717) is 23.2 Å². The fourth-order valence-corrected chi connectivity index (χ4v) is 2.90. The van der Waals surface area contributed by atoms with E-state index in [1.165, 1.54) is 4.57 Å². The van der Waals surface area contributed by atoms with Gasteiger partial charge in [-0.25, -0.2) is 9.78 Å². The van der Waals surface area contributed by atoms with Gasteiger partial charge in [0.1, 0.15) is 5.15 Å². The van der Waals surface area contributed by atoms with Crippen molar-refractivity contribution in [1.82, 2.24) is 19.1 Å². The monoisotopic (exact) mass is 342 g/mol. The van der Waals surface area contributed by atoms with E-state index in [0.717, 1.165) is 18.4 Å². The molecule has 6 nitrogen and oxygen atoms in total. The minimum Gasteiger partial charge on any atom is -0.327 e. The maximum atomic E-state index is 12.2. The number of imidazole rings is 1. The molecule has 1 aromatic rings. The lowest BCUT2D eigenvalue weighted by atomic mass is 10.2. The largest absolute Gasteiger partial charge is 0.350 e. The van der Waals surface area contributed by atoms with E-state index in [9.17, 15) is 9.59 Å². The molecule has 24 heavy (non-hydrogen) atoms. The lowest BCUT2D eigenvalue weighted by molar-refractivity contribution is -0.120. The van der Waals surface area contributed by atoms with E-state index in [1.807, 2.05) is 29.0 Å². The smallest absolute Gasteiger partial charge is 0.327 e. The number of ketones is 1. The summed E-state index contributed by atoms with van der Waals surface area (Å²) in [5.74, 6) is 0.808. The summed E-state index contributed by atoms with van der Waals surface area (Å²) < 4.78 is 3.34. The molecule has 0 radical (unpaired) electrons. The van der Waals surface area contributed by atoms with E-state index in [-0.39, 0.29) is 23.9 Å². The van der Waals surface area contributed by atoms with Crippen molar-refractivity contribution in [3.63, 3.8) is 0 Å². The first-order chi connectivity index (χ1) is 11.6. The zero-order chi connectivity index (χ0) is 16.7. The standard InChI is InChI=1S/C17H15ClN4O2/c18-15-6-3-11(8-19-15)9-21-7-1-2-13-16(21)20-17(24)22(13)10-14(23)12-4-5-12/h1-3,6-8,12H,4-5,9-10H2. The first kappa shape index (κ1) is 15.1. The number of hydrogen-bond acceptors (Lipinski definition) is 4. The summed E-state index contributed by atoms with van der Waals surface area (Å²) in [5, 5.41) is 0.437. The van der Waals surface area contributed by atoms with E-state index < -0.39 is 0 Å². The summed E-state index contributed by atoms with van der Waals surface area (Å²) in [5.41, 5.74) is 1.25. The number of carbonyl (C=O) groups is 1. The summed E-state index contributed by atoms with van der Waals surface area (Å²) in [4.78, 5) is 32.5. The van der Waals surface area contributed by atoms with Crippen LogP contribution in [-0.2, 0) is 17.9 Å². The molecule has 0 atom stereocenters. The molecule has 2 aliphatic heterocycles. The number of Topliss-reactive ketones (excluding diaryl/α,β-unsaturated/α-hetero) is 1. The quantitative estimate of drug-likeness (QED) is 0.667. The third kappa shape index (κ3) is 2.85. The second-order valence-electron chi connectivity index (χ2n) is 6.06. The second-order valence-corrected chi connectivity index (χ2v) is 6.44. The van der Waals surface area contributed by atoms with Crippen molar-refractivity contribution >= 4 is 17.4 Å². The van der Waals surface area contributed by atoms with E-state index in [2.05, 4.69) is 9.97 Å². The van der Waals surface area contributed by atoms with Gasteiger partial charge in [0.2, 0.25) is 0 Å². The molecular weight excluding hydrogens is 328 g/mol. The number of aromatic nitrogens is 4. The van der Waals surface area contributed by atoms with Gasteiger partial charge >= 0.3 is 5.69 Å². The molecule has 1 fully saturated rings. The van der Waals surface area contributed by atoms with Gasteiger partial charge in [-0.3, -0.25) is 9.36 Å². The molecule has 1 aliphatic carbocycles. The van der Waals surface area contributed by atoms with Crippen LogP contribution in [0.3, 0.4) is 0 Å². The molecule has 0 N–H and O–H groups in total. The van der Waals surface area contributed by atoms with Gasteiger partial charge in [0.15, 0.2) is 11.6 Å². The Morgan fingerprint density at radius 1 is 1.29 bits per heavy atom. The van der Waals surface area contributed by atoms with Gasteiger partial charge in [0.25, 0.3) is 0 Å². The number of rotatable bonds is 5. The molecule has 0 spiro atoms. The van der Waals surface area contributed by atoms with E-state index in [1.54, 1.807) is 12.3 Å². The van der Waals surface area contributed by atoms with Gasteiger partial charge in [-0.05, 0) is 36.6 Å². The fourth-order valence-electron chi connectivity index (χ4n) is 2.78. The molecule has 1 saturated carbocycles. The topological polar surface area (TPSA) is 69.8 Å². The molecule has 0 amide bonds. The molecule has 4 rings (SSSR count). The summed E-state index contributed by atoms with van der Waals surface area (Å²) in [6, 6.07) is 7.28. The van der Waals surface area contributed by atoms with Crippen molar-refractivity contribution in [2.24, 2.45) is 5.92 Å². The van der Waals surface area contributed by atoms with Gasteiger partial charge < -0.3 is 4.57 Å². The number of hydrogen-bond donors (Lipinski definition) is 0. The van der Waals surface area contributed by atoms with E-state index in [4.69, 9.17) is 11.6 Å². The highest BCUT2D eigenvalue weighted by Crippen LogP contribution is 2.30. The normalized spacial score (nSPS) is 14.2. The van der Waals surface area contributed by atoms with Crippen molar-refractivity contribution in [3.05, 3.63) is 57.9 Å². The summed E-state index contributed by atoms with van der Waals surface area (Å²) in [6.45, 7) is 0.626. The fraction of sp³-hybridized carbons (Fsp3) is 0.294. The molecule has 3 aliphatic rings. The molecular formula is C17H15ClN4O2. The van der Waals surface area contributed by atoms with E-state index >= 15 is 0 Å². The highest BCUT2D eigenvalue weighted by molar-refractivity contribution is 6.29. The highest BCUT2D eigenvalue weighted by Gasteiger charge is 2.31. The Hall–Kier alpha value is -2.47. The number of halogens is 1.